The molecule has 0 saturated carbocycles. The molecule has 5 heteroatoms. The third-order valence-corrected chi connectivity index (χ3v) is 4.16. The van der Waals surface area contributed by atoms with Crippen LogP contribution in [-0.2, 0) is 17.9 Å². The summed E-state index contributed by atoms with van der Waals surface area (Å²) in [4.78, 5) is 17.6. The Morgan fingerprint density at radius 2 is 1.91 bits per heavy atom. The van der Waals surface area contributed by atoms with E-state index in [1.165, 1.54) is 0 Å². The number of amides is 1. The number of aromatic nitrogens is 1. The summed E-state index contributed by atoms with van der Waals surface area (Å²) in [5.74, 6) is 0.609. The minimum atomic E-state index is -0.222. The van der Waals surface area contributed by atoms with Gasteiger partial charge < -0.3 is 10.5 Å². The molecule has 3 rings (SSSR count). The lowest BCUT2D eigenvalue weighted by Gasteiger charge is -2.21. The number of likely N-dealkylation sites (tertiary alicyclic amines) is 1. The fraction of sp³-hybridized carbons (Fsp3) is 0.333. The highest BCUT2D eigenvalue weighted by Crippen LogP contribution is 2.21. The predicted molar refractivity (Wildman–Crippen MR) is 87.6 cm³/mol. The fourth-order valence-corrected chi connectivity index (χ4v) is 2.91. The lowest BCUT2D eigenvalue weighted by molar-refractivity contribution is -0.122. The number of rotatable bonds is 6. The maximum atomic E-state index is 11.4. The molecule has 0 unspecified atom stereocenters. The Morgan fingerprint density at radius 3 is 2.61 bits per heavy atom. The Kier molecular flexibility index (Phi) is 4.88. The second-order valence-electron chi connectivity index (χ2n) is 5.82. The molecule has 1 aromatic heterocycles. The van der Waals surface area contributed by atoms with Gasteiger partial charge >= 0.3 is 0 Å². The zero-order chi connectivity index (χ0) is 16.1. The molecular formula is C18H21N3O2. The van der Waals surface area contributed by atoms with E-state index in [1.54, 1.807) is 12.4 Å². The Hall–Kier alpha value is -2.40. The topological polar surface area (TPSA) is 68.5 Å². The predicted octanol–water partition coefficient (Wildman–Crippen LogP) is 2.11. The Labute approximate surface area is 136 Å². The lowest BCUT2D eigenvalue weighted by Crippen LogP contribution is -2.39. The van der Waals surface area contributed by atoms with Crippen molar-refractivity contribution in [3.63, 3.8) is 0 Å². The highest BCUT2D eigenvalue weighted by molar-refractivity contribution is 5.80. The van der Waals surface area contributed by atoms with E-state index in [0.29, 0.717) is 6.61 Å². The van der Waals surface area contributed by atoms with Crippen LogP contribution in [0.3, 0.4) is 0 Å². The molecule has 1 aliphatic heterocycles. The Balaban J connectivity index is 1.56. The van der Waals surface area contributed by atoms with Crippen molar-refractivity contribution in [3.8, 4) is 5.75 Å². The molecule has 0 bridgehead atoms. The monoisotopic (exact) mass is 311 g/mol. The van der Waals surface area contributed by atoms with Crippen LogP contribution in [0.4, 0.5) is 0 Å². The first-order valence-electron chi connectivity index (χ1n) is 7.86. The molecular weight excluding hydrogens is 290 g/mol. The third-order valence-electron chi connectivity index (χ3n) is 4.16. The Bertz CT molecular complexity index is 643. The van der Waals surface area contributed by atoms with Crippen LogP contribution in [0.2, 0.25) is 0 Å². The van der Waals surface area contributed by atoms with Crippen LogP contribution in [0, 0.1) is 0 Å². The number of pyridine rings is 1. The maximum absolute atomic E-state index is 11.4. The minimum Gasteiger partial charge on any atom is -0.489 e. The lowest BCUT2D eigenvalue weighted by atomic mass is 10.1. The van der Waals surface area contributed by atoms with Crippen LogP contribution in [0.1, 0.15) is 24.0 Å². The molecule has 1 aromatic carbocycles. The van der Waals surface area contributed by atoms with Crippen LogP contribution in [0.15, 0.2) is 48.8 Å². The average molecular weight is 311 g/mol. The van der Waals surface area contributed by atoms with Gasteiger partial charge in [-0.3, -0.25) is 14.7 Å². The normalized spacial score (nSPS) is 18.0. The number of ether oxygens (including phenoxy) is 1. The molecule has 0 aliphatic carbocycles. The molecule has 2 N–H and O–H groups in total. The van der Waals surface area contributed by atoms with E-state index in [9.17, 15) is 4.79 Å². The summed E-state index contributed by atoms with van der Waals surface area (Å²) in [5.41, 5.74) is 7.71. The van der Waals surface area contributed by atoms with E-state index < -0.39 is 0 Å². The van der Waals surface area contributed by atoms with Gasteiger partial charge in [-0.25, -0.2) is 0 Å². The zero-order valence-electron chi connectivity index (χ0n) is 13.0. The third kappa shape index (κ3) is 4.07. The molecule has 0 spiro atoms. The van der Waals surface area contributed by atoms with Crippen molar-refractivity contribution < 1.29 is 9.53 Å². The summed E-state index contributed by atoms with van der Waals surface area (Å²) in [6, 6.07) is 11.8. The van der Waals surface area contributed by atoms with Crippen molar-refractivity contribution in [2.24, 2.45) is 5.73 Å². The molecule has 0 radical (unpaired) electrons. The van der Waals surface area contributed by atoms with Crippen molar-refractivity contribution in [1.82, 2.24) is 9.88 Å². The van der Waals surface area contributed by atoms with Gasteiger partial charge in [0.1, 0.15) is 12.4 Å². The van der Waals surface area contributed by atoms with Crippen molar-refractivity contribution in [3.05, 3.63) is 59.9 Å². The number of benzene rings is 1. The van der Waals surface area contributed by atoms with Crippen LogP contribution in [0.25, 0.3) is 0 Å². The van der Waals surface area contributed by atoms with Crippen molar-refractivity contribution in [2.45, 2.75) is 32.0 Å². The van der Waals surface area contributed by atoms with Gasteiger partial charge in [-0.15, -0.1) is 0 Å². The summed E-state index contributed by atoms with van der Waals surface area (Å²) in [7, 11) is 0. The quantitative estimate of drug-likeness (QED) is 0.887. The van der Waals surface area contributed by atoms with E-state index >= 15 is 0 Å². The number of nitrogens with zero attached hydrogens (tertiary/aromatic N) is 2. The highest BCUT2D eigenvalue weighted by Gasteiger charge is 2.28. The first-order valence-corrected chi connectivity index (χ1v) is 7.86. The number of carbonyl (C=O) groups excluding carboxylic acids is 1. The smallest absolute Gasteiger partial charge is 0.234 e. The second-order valence-corrected chi connectivity index (χ2v) is 5.82. The first-order chi connectivity index (χ1) is 11.2. The maximum Gasteiger partial charge on any atom is 0.234 e. The SMILES string of the molecule is NC(=O)[C@@H]1CCCN1Cc1ccc(OCc2ccncc2)cc1. The second kappa shape index (κ2) is 7.24. The Morgan fingerprint density at radius 1 is 1.17 bits per heavy atom. The van der Waals surface area contributed by atoms with Gasteiger partial charge in [-0.2, -0.15) is 0 Å². The minimum absolute atomic E-state index is 0.127. The van der Waals surface area contributed by atoms with Gasteiger partial charge in [0.25, 0.3) is 0 Å². The van der Waals surface area contributed by atoms with Gasteiger partial charge in [-0.1, -0.05) is 12.1 Å². The molecule has 23 heavy (non-hydrogen) atoms. The summed E-state index contributed by atoms with van der Waals surface area (Å²) in [5, 5.41) is 0. The van der Waals surface area contributed by atoms with Gasteiger partial charge in [0.15, 0.2) is 0 Å². The molecule has 1 saturated heterocycles. The largest absolute Gasteiger partial charge is 0.489 e. The van der Waals surface area contributed by atoms with Gasteiger partial charge in [-0.05, 0) is 54.8 Å². The highest BCUT2D eigenvalue weighted by atomic mass is 16.5. The fourth-order valence-electron chi connectivity index (χ4n) is 2.91. The van der Waals surface area contributed by atoms with Gasteiger partial charge in [0, 0.05) is 18.9 Å². The van der Waals surface area contributed by atoms with E-state index in [0.717, 1.165) is 42.8 Å². The van der Waals surface area contributed by atoms with E-state index in [4.69, 9.17) is 10.5 Å². The van der Waals surface area contributed by atoms with Crippen molar-refractivity contribution in [1.29, 1.82) is 0 Å². The van der Waals surface area contributed by atoms with E-state index in [-0.39, 0.29) is 11.9 Å². The van der Waals surface area contributed by atoms with Gasteiger partial charge in [0.05, 0.1) is 6.04 Å². The van der Waals surface area contributed by atoms with Crippen LogP contribution >= 0.6 is 0 Å². The summed E-state index contributed by atoms with van der Waals surface area (Å²) >= 11 is 0. The molecule has 1 aliphatic rings. The molecule has 120 valence electrons. The summed E-state index contributed by atoms with van der Waals surface area (Å²) < 4.78 is 5.76. The number of hydrogen-bond acceptors (Lipinski definition) is 4. The molecule has 2 aromatic rings. The number of carbonyl (C=O) groups is 1. The van der Waals surface area contributed by atoms with E-state index in [2.05, 4.69) is 9.88 Å². The van der Waals surface area contributed by atoms with E-state index in [1.807, 2.05) is 36.4 Å². The van der Waals surface area contributed by atoms with Crippen LogP contribution < -0.4 is 10.5 Å². The summed E-state index contributed by atoms with van der Waals surface area (Å²) in [6.07, 6.45) is 5.41. The van der Waals surface area contributed by atoms with Gasteiger partial charge in [0.2, 0.25) is 5.91 Å². The molecule has 5 nitrogen and oxygen atoms in total. The number of hydrogen-bond donors (Lipinski definition) is 1. The molecule has 2 heterocycles. The van der Waals surface area contributed by atoms with Crippen LogP contribution in [0.5, 0.6) is 5.75 Å². The number of nitrogens with two attached hydrogens (primary N) is 1. The standard InChI is InChI=1S/C18H21N3O2/c19-18(22)17-2-1-11-21(17)12-14-3-5-16(6-4-14)23-13-15-7-9-20-10-8-15/h3-10,17H,1-2,11-13H2,(H2,19,22)/t17-/m0/s1. The summed E-state index contributed by atoms with van der Waals surface area (Å²) in [6.45, 7) is 2.20. The first kappa shape index (κ1) is 15.5. The zero-order valence-corrected chi connectivity index (χ0v) is 13.0. The van der Waals surface area contributed by atoms with Crippen molar-refractivity contribution in [2.75, 3.05) is 6.54 Å². The molecule has 1 atom stereocenters. The molecule has 1 amide bonds. The average Bonchev–Trinajstić information content (AvgIpc) is 3.04. The van der Waals surface area contributed by atoms with Crippen molar-refractivity contribution >= 4 is 5.91 Å². The van der Waals surface area contributed by atoms with Crippen LogP contribution in [-0.4, -0.2) is 28.4 Å². The number of primary amides is 1. The molecule has 1 fully saturated rings.